The van der Waals surface area contributed by atoms with Gasteiger partial charge in [0.15, 0.2) is 18.0 Å². The van der Waals surface area contributed by atoms with Gasteiger partial charge in [-0.05, 0) is 43.5 Å². The number of ether oxygens (including phenoxy) is 2. The van der Waals surface area contributed by atoms with E-state index in [0.717, 1.165) is 36.6 Å². The Kier molecular flexibility index (Phi) is 5.07. The summed E-state index contributed by atoms with van der Waals surface area (Å²) < 4.78 is 10.7. The van der Waals surface area contributed by atoms with E-state index in [-0.39, 0.29) is 11.9 Å². The van der Waals surface area contributed by atoms with Gasteiger partial charge in [0.1, 0.15) is 0 Å². The van der Waals surface area contributed by atoms with E-state index in [2.05, 4.69) is 13.8 Å². The molecule has 0 radical (unpaired) electrons. The maximum Gasteiger partial charge on any atom is 0.278 e. The average molecular weight is 293 g/mol. The highest BCUT2D eigenvalue weighted by atomic mass is 16.5. The number of fused-ring (bicyclic) bond motifs is 1. The molecule has 2 rings (SSSR count). The van der Waals surface area contributed by atoms with Gasteiger partial charge in [0.2, 0.25) is 0 Å². The molecule has 0 saturated carbocycles. The first-order chi connectivity index (χ1) is 10.1. The van der Waals surface area contributed by atoms with Crippen LogP contribution in [0.25, 0.3) is 0 Å². The van der Waals surface area contributed by atoms with Crippen molar-refractivity contribution in [1.82, 2.24) is 4.90 Å². The van der Waals surface area contributed by atoms with E-state index in [4.69, 9.17) is 9.47 Å². The van der Waals surface area contributed by atoms with Crippen LogP contribution in [0.15, 0.2) is 12.1 Å². The van der Waals surface area contributed by atoms with Crippen molar-refractivity contribution in [3.05, 3.63) is 23.3 Å². The molecule has 0 aliphatic carbocycles. The molecule has 1 aliphatic rings. The lowest BCUT2D eigenvalue weighted by Gasteiger charge is -2.35. The summed E-state index contributed by atoms with van der Waals surface area (Å²) in [4.78, 5) is 14.3. The molecule has 0 unspecified atom stereocenters. The van der Waals surface area contributed by atoms with Gasteiger partial charge in [-0.15, -0.1) is 0 Å². The minimum atomic E-state index is 0.0753. The predicted octanol–water partition coefficient (Wildman–Crippen LogP) is 0.733. The lowest BCUT2D eigenvalue weighted by Crippen LogP contribution is -2.86. The summed E-state index contributed by atoms with van der Waals surface area (Å²) in [6.07, 6.45) is 0.859. The van der Waals surface area contributed by atoms with Crippen molar-refractivity contribution in [2.75, 3.05) is 33.9 Å². The number of methoxy groups -OCH3 is 2. The van der Waals surface area contributed by atoms with Gasteiger partial charge in [0, 0.05) is 6.54 Å². The highest BCUT2D eigenvalue weighted by Crippen LogP contribution is 2.37. The molecule has 0 bridgehead atoms. The van der Waals surface area contributed by atoms with Crippen molar-refractivity contribution in [2.24, 2.45) is 0 Å². The fraction of sp³-hybridized carbons (Fsp3) is 0.562. The van der Waals surface area contributed by atoms with Gasteiger partial charge in [-0.2, -0.15) is 0 Å². The van der Waals surface area contributed by atoms with E-state index in [1.165, 1.54) is 5.56 Å². The lowest BCUT2D eigenvalue weighted by molar-refractivity contribution is -0.641. The van der Waals surface area contributed by atoms with Crippen LogP contribution in [0.1, 0.15) is 31.0 Å². The van der Waals surface area contributed by atoms with Crippen molar-refractivity contribution in [3.8, 4) is 11.5 Å². The first-order valence-electron chi connectivity index (χ1n) is 7.48. The number of rotatable bonds is 5. The zero-order valence-electron chi connectivity index (χ0n) is 13.3. The topological polar surface area (TPSA) is 55.4 Å². The first kappa shape index (κ1) is 15.6. The van der Waals surface area contributed by atoms with Crippen molar-refractivity contribution < 1.29 is 19.6 Å². The molecule has 1 aromatic carbocycles. The van der Waals surface area contributed by atoms with Crippen LogP contribution < -0.4 is 14.8 Å². The van der Waals surface area contributed by atoms with Crippen LogP contribution in [0.4, 0.5) is 0 Å². The molecule has 1 amide bonds. The minimum Gasteiger partial charge on any atom is -0.493 e. The van der Waals surface area contributed by atoms with Crippen LogP contribution >= 0.6 is 0 Å². The van der Waals surface area contributed by atoms with Gasteiger partial charge in [-0.25, -0.2) is 0 Å². The molecular weight excluding hydrogens is 268 g/mol. The Bertz CT molecular complexity index is 516. The zero-order chi connectivity index (χ0) is 15.4. The molecule has 5 heteroatoms. The monoisotopic (exact) mass is 293 g/mol. The van der Waals surface area contributed by atoms with Crippen LogP contribution in [0.3, 0.4) is 0 Å². The molecule has 116 valence electrons. The fourth-order valence-corrected chi connectivity index (χ4v) is 2.87. The molecular formula is C16H25N2O3+. The number of hydrogen-bond donors (Lipinski definition) is 1. The molecule has 0 aromatic heterocycles. The molecule has 21 heavy (non-hydrogen) atoms. The van der Waals surface area contributed by atoms with E-state index in [9.17, 15) is 4.79 Å². The van der Waals surface area contributed by atoms with Gasteiger partial charge in [-0.1, -0.05) is 0 Å². The summed E-state index contributed by atoms with van der Waals surface area (Å²) in [6.45, 7) is 6.34. The van der Waals surface area contributed by atoms with Crippen LogP contribution in [0, 0.1) is 0 Å². The highest BCUT2D eigenvalue weighted by Gasteiger charge is 2.29. The Morgan fingerprint density at radius 3 is 2.62 bits per heavy atom. The number of carbonyl (C=O) groups excluding carboxylic acids is 1. The van der Waals surface area contributed by atoms with Gasteiger partial charge in [-0.3, -0.25) is 4.79 Å². The number of carbonyl (C=O) groups is 1. The van der Waals surface area contributed by atoms with Gasteiger partial charge < -0.3 is 19.7 Å². The molecule has 2 N–H and O–H groups in total. The third kappa shape index (κ3) is 3.13. The lowest BCUT2D eigenvalue weighted by atomic mass is 9.92. The normalized spacial score (nSPS) is 17.3. The Hall–Kier alpha value is -1.75. The second-order valence-corrected chi connectivity index (χ2v) is 5.32. The molecule has 5 nitrogen and oxygen atoms in total. The van der Waals surface area contributed by atoms with Gasteiger partial charge >= 0.3 is 0 Å². The first-order valence-corrected chi connectivity index (χ1v) is 7.48. The SMILES string of the molecule is CC[NH2+]CC(=O)N1CCc2cc(OC)c(OC)cc2[C@@H]1C. The zero-order valence-corrected chi connectivity index (χ0v) is 13.3. The number of amides is 1. The summed E-state index contributed by atoms with van der Waals surface area (Å²) in [5.41, 5.74) is 2.40. The van der Waals surface area contributed by atoms with Crippen LogP contribution in [0.2, 0.25) is 0 Å². The second kappa shape index (κ2) is 6.80. The van der Waals surface area contributed by atoms with E-state index in [1.807, 2.05) is 22.3 Å². The smallest absolute Gasteiger partial charge is 0.278 e. The van der Waals surface area contributed by atoms with Gasteiger partial charge in [0.05, 0.1) is 26.8 Å². The largest absolute Gasteiger partial charge is 0.493 e. The standard InChI is InChI=1S/C16H24N2O3/c1-5-17-10-16(19)18-7-6-12-8-14(20-3)15(21-4)9-13(12)11(18)2/h8-9,11,17H,5-7,10H2,1-4H3/p+1/t11-/m0/s1. The number of benzene rings is 1. The number of nitrogens with two attached hydrogens (primary N) is 1. The second-order valence-electron chi connectivity index (χ2n) is 5.32. The predicted molar refractivity (Wildman–Crippen MR) is 80.7 cm³/mol. The highest BCUT2D eigenvalue weighted by molar-refractivity contribution is 5.78. The van der Waals surface area contributed by atoms with Crippen molar-refractivity contribution in [1.29, 1.82) is 0 Å². The van der Waals surface area contributed by atoms with Crippen LogP contribution in [-0.2, 0) is 11.2 Å². The van der Waals surface area contributed by atoms with Crippen LogP contribution in [0.5, 0.6) is 11.5 Å². The van der Waals surface area contributed by atoms with Gasteiger partial charge in [0.25, 0.3) is 5.91 Å². The van der Waals surface area contributed by atoms with E-state index in [0.29, 0.717) is 6.54 Å². The number of quaternary nitrogens is 1. The summed E-state index contributed by atoms with van der Waals surface area (Å²) in [5, 5.41) is 2.03. The molecule has 0 spiro atoms. The third-order valence-electron chi connectivity index (χ3n) is 4.11. The van der Waals surface area contributed by atoms with E-state index < -0.39 is 0 Å². The number of nitrogens with zero attached hydrogens (tertiary/aromatic N) is 1. The molecule has 1 aromatic rings. The quantitative estimate of drug-likeness (QED) is 0.871. The van der Waals surface area contributed by atoms with E-state index >= 15 is 0 Å². The Labute approximate surface area is 126 Å². The number of likely N-dealkylation sites (N-methyl/N-ethyl adjacent to an activating group) is 1. The Balaban J connectivity index is 2.26. The molecule has 1 atom stereocenters. The fourth-order valence-electron chi connectivity index (χ4n) is 2.87. The summed E-state index contributed by atoms with van der Waals surface area (Å²) in [7, 11) is 3.28. The summed E-state index contributed by atoms with van der Waals surface area (Å²) in [5.74, 6) is 1.67. The Morgan fingerprint density at radius 2 is 2.00 bits per heavy atom. The maximum absolute atomic E-state index is 12.3. The Morgan fingerprint density at radius 1 is 1.33 bits per heavy atom. The van der Waals surface area contributed by atoms with Crippen molar-refractivity contribution >= 4 is 5.91 Å². The van der Waals surface area contributed by atoms with Crippen LogP contribution in [-0.4, -0.2) is 44.7 Å². The van der Waals surface area contributed by atoms with Crippen molar-refractivity contribution in [3.63, 3.8) is 0 Å². The minimum absolute atomic E-state index is 0.0753. The molecule has 0 fully saturated rings. The third-order valence-corrected chi connectivity index (χ3v) is 4.11. The average Bonchev–Trinajstić information content (AvgIpc) is 2.51. The van der Waals surface area contributed by atoms with E-state index in [1.54, 1.807) is 14.2 Å². The summed E-state index contributed by atoms with van der Waals surface area (Å²) in [6, 6.07) is 4.11. The molecule has 0 saturated heterocycles. The number of hydrogen-bond acceptors (Lipinski definition) is 3. The summed E-state index contributed by atoms with van der Waals surface area (Å²) >= 11 is 0. The van der Waals surface area contributed by atoms with Crippen molar-refractivity contribution in [2.45, 2.75) is 26.3 Å². The molecule has 1 heterocycles. The molecule has 1 aliphatic heterocycles. The maximum atomic E-state index is 12.3.